The lowest BCUT2D eigenvalue weighted by Crippen LogP contribution is -1.91. The third-order valence-electron chi connectivity index (χ3n) is 11.4. The second kappa shape index (κ2) is 11.6. The van der Waals surface area contributed by atoms with Gasteiger partial charge >= 0.3 is 0 Å². The van der Waals surface area contributed by atoms with E-state index in [9.17, 15) is 0 Å². The average molecular weight is 719 g/mol. The first kappa shape index (κ1) is 30.2. The molecule has 250 valence electrons. The van der Waals surface area contributed by atoms with E-state index in [1.165, 1.54) is 117 Å². The first-order chi connectivity index (χ1) is 26.8. The summed E-state index contributed by atoms with van der Waals surface area (Å²) in [4.78, 5) is 0. The molecule has 0 aliphatic rings. The number of fused-ring (bicyclic) bond motifs is 11. The molecule has 54 heavy (non-hydrogen) atoms. The molecule has 0 amide bonds. The number of hydrogen-bond donors (Lipinski definition) is 0. The Labute approximate surface area is 319 Å². The predicted molar refractivity (Wildman–Crippen MR) is 239 cm³/mol. The summed E-state index contributed by atoms with van der Waals surface area (Å²) in [5.41, 5.74) is 7.56. The van der Waals surface area contributed by atoms with Crippen LogP contribution >= 0.6 is 22.7 Å². The van der Waals surface area contributed by atoms with Gasteiger partial charge in [-0.05, 0) is 119 Å². The quantitative estimate of drug-likeness (QED) is 0.160. The monoisotopic (exact) mass is 718 g/mol. The lowest BCUT2D eigenvalue weighted by Gasteiger charge is -2.18. The molecule has 0 saturated carbocycles. The minimum atomic E-state index is 1.23. The molecule has 0 spiro atoms. The largest absolute Gasteiger partial charge is 0.135 e. The van der Waals surface area contributed by atoms with Gasteiger partial charge in [0.15, 0.2) is 0 Å². The van der Waals surface area contributed by atoms with Gasteiger partial charge in [0, 0.05) is 40.3 Å². The van der Waals surface area contributed by atoms with Crippen LogP contribution in [0.5, 0.6) is 0 Å². The highest BCUT2D eigenvalue weighted by Gasteiger charge is 2.19. The molecule has 0 aliphatic carbocycles. The maximum atomic E-state index is 2.47. The van der Waals surface area contributed by atoms with E-state index in [1.807, 2.05) is 22.7 Å². The smallest absolute Gasteiger partial charge is 0.0361 e. The lowest BCUT2D eigenvalue weighted by atomic mass is 9.85. The number of thiophene rings is 2. The molecule has 10 aromatic carbocycles. The van der Waals surface area contributed by atoms with Gasteiger partial charge in [-0.3, -0.25) is 0 Å². The van der Waals surface area contributed by atoms with E-state index in [4.69, 9.17) is 0 Å². The van der Waals surface area contributed by atoms with Gasteiger partial charge in [-0.1, -0.05) is 140 Å². The molecule has 0 radical (unpaired) electrons. The van der Waals surface area contributed by atoms with Crippen LogP contribution in [0.1, 0.15) is 0 Å². The second-order valence-electron chi connectivity index (χ2n) is 14.4. The average Bonchev–Trinajstić information content (AvgIpc) is 3.79. The highest BCUT2D eigenvalue weighted by molar-refractivity contribution is 7.26. The molecule has 0 atom stereocenters. The lowest BCUT2D eigenvalue weighted by molar-refractivity contribution is 1.63. The SMILES string of the molecule is c1cc(-c2cccc3ccccc23)cc(-c2c3ccccc3c(-c3ccc4sc5cc6ccc7sc8ccccc8c7c6cc5c4c3)c3ccccc23)c1. The van der Waals surface area contributed by atoms with Crippen LogP contribution in [0.15, 0.2) is 182 Å². The van der Waals surface area contributed by atoms with E-state index in [2.05, 4.69) is 182 Å². The summed E-state index contributed by atoms with van der Waals surface area (Å²) in [6.07, 6.45) is 0. The Morgan fingerprint density at radius 2 is 0.815 bits per heavy atom. The third kappa shape index (κ3) is 4.42. The van der Waals surface area contributed by atoms with Gasteiger partial charge < -0.3 is 0 Å². The van der Waals surface area contributed by atoms with Crippen LogP contribution in [-0.4, -0.2) is 0 Å². The van der Waals surface area contributed by atoms with Gasteiger partial charge in [0.2, 0.25) is 0 Å². The van der Waals surface area contributed by atoms with Crippen molar-refractivity contribution in [3.05, 3.63) is 182 Å². The van der Waals surface area contributed by atoms with E-state index < -0.39 is 0 Å². The standard InChI is InChI=1S/C52H30S2/c1-2-15-36-31(11-1)12-10-21-37(36)32-13-9-14-34(27-32)50-38-16-3-5-18-40(38)51(41-19-6-4-17-39(41)50)35-24-25-47-44(28-35)45-30-43-33(29-49(45)54-47)23-26-48-52(43)42-20-7-8-22-46(42)53-48/h1-30H. The van der Waals surface area contributed by atoms with Gasteiger partial charge in [-0.2, -0.15) is 0 Å². The third-order valence-corrected chi connectivity index (χ3v) is 13.7. The van der Waals surface area contributed by atoms with Gasteiger partial charge in [0.25, 0.3) is 0 Å². The molecule has 12 aromatic rings. The zero-order valence-electron chi connectivity index (χ0n) is 29.1. The first-order valence-electron chi connectivity index (χ1n) is 18.5. The van der Waals surface area contributed by atoms with E-state index in [1.54, 1.807) is 0 Å². The fourth-order valence-corrected chi connectivity index (χ4v) is 11.3. The Bertz CT molecular complexity index is 3440. The van der Waals surface area contributed by atoms with Crippen LogP contribution in [0.2, 0.25) is 0 Å². The van der Waals surface area contributed by atoms with Crippen molar-refractivity contribution in [2.45, 2.75) is 0 Å². The Kier molecular flexibility index (Phi) is 6.48. The zero-order chi connectivity index (χ0) is 35.3. The van der Waals surface area contributed by atoms with Crippen molar-refractivity contribution >= 4 is 106 Å². The molecule has 0 unspecified atom stereocenters. The molecule has 2 heteroatoms. The van der Waals surface area contributed by atoms with Crippen molar-refractivity contribution < 1.29 is 0 Å². The van der Waals surface area contributed by atoms with Crippen LogP contribution < -0.4 is 0 Å². The molecular formula is C52H30S2. The summed E-state index contributed by atoms with van der Waals surface area (Å²) < 4.78 is 5.36. The van der Waals surface area contributed by atoms with Crippen molar-refractivity contribution in [2.75, 3.05) is 0 Å². The fourth-order valence-electron chi connectivity index (χ4n) is 9.04. The van der Waals surface area contributed by atoms with Crippen LogP contribution in [-0.2, 0) is 0 Å². The van der Waals surface area contributed by atoms with Crippen molar-refractivity contribution in [1.82, 2.24) is 0 Å². The minimum Gasteiger partial charge on any atom is -0.135 e. The van der Waals surface area contributed by atoms with Crippen molar-refractivity contribution in [1.29, 1.82) is 0 Å². The molecule has 0 aliphatic heterocycles. The van der Waals surface area contributed by atoms with Crippen LogP contribution in [0, 0.1) is 0 Å². The van der Waals surface area contributed by atoms with E-state index >= 15 is 0 Å². The topological polar surface area (TPSA) is 0 Å². The molecule has 0 nitrogen and oxygen atoms in total. The van der Waals surface area contributed by atoms with Gasteiger partial charge in [-0.15, -0.1) is 22.7 Å². The molecule has 0 fully saturated rings. The first-order valence-corrected chi connectivity index (χ1v) is 20.1. The molecule has 2 heterocycles. The van der Waals surface area contributed by atoms with E-state index in [0.717, 1.165) is 0 Å². The Hall–Kier alpha value is -6.32. The van der Waals surface area contributed by atoms with Gasteiger partial charge in [0.05, 0.1) is 0 Å². The van der Waals surface area contributed by atoms with Crippen LogP contribution in [0.4, 0.5) is 0 Å². The van der Waals surface area contributed by atoms with E-state index in [0.29, 0.717) is 0 Å². The number of hydrogen-bond acceptors (Lipinski definition) is 2. The molecular weight excluding hydrogens is 689 g/mol. The second-order valence-corrected chi connectivity index (χ2v) is 16.5. The van der Waals surface area contributed by atoms with Crippen LogP contribution in [0.25, 0.3) is 117 Å². The molecule has 0 bridgehead atoms. The van der Waals surface area contributed by atoms with Crippen LogP contribution in [0.3, 0.4) is 0 Å². The highest BCUT2D eigenvalue weighted by atomic mass is 32.1. The highest BCUT2D eigenvalue weighted by Crippen LogP contribution is 2.47. The van der Waals surface area contributed by atoms with Crippen molar-refractivity contribution in [3.63, 3.8) is 0 Å². The maximum absolute atomic E-state index is 2.47. The zero-order valence-corrected chi connectivity index (χ0v) is 30.8. The normalized spacial score (nSPS) is 12.1. The van der Waals surface area contributed by atoms with Crippen molar-refractivity contribution in [2.24, 2.45) is 0 Å². The Morgan fingerprint density at radius 3 is 1.59 bits per heavy atom. The minimum absolute atomic E-state index is 1.23. The van der Waals surface area contributed by atoms with E-state index in [-0.39, 0.29) is 0 Å². The molecule has 0 saturated heterocycles. The summed E-state index contributed by atoms with van der Waals surface area (Å²) >= 11 is 3.79. The summed E-state index contributed by atoms with van der Waals surface area (Å²) in [5.74, 6) is 0. The fraction of sp³-hybridized carbons (Fsp3) is 0. The summed E-state index contributed by atoms with van der Waals surface area (Å²) in [5, 5.41) is 15.7. The van der Waals surface area contributed by atoms with Crippen molar-refractivity contribution in [3.8, 4) is 33.4 Å². The Balaban J connectivity index is 1.10. The summed E-state index contributed by atoms with van der Waals surface area (Å²) in [6, 6.07) is 67.9. The van der Waals surface area contributed by atoms with Gasteiger partial charge in [-0.25, -0.2) is 0 Å². The predicted octanol–water partition coefficient (Wildman–Crippen LogP) is 16.0. The number of benzene rings is 10. The maximum Gasteiger partial charge on any atom is 0.0361 e. The molecule has 0 N–H and O–H groups in total. The summed E-state index contributed by atoms with van der Waals surface area (Å²) in [6.45, 7) is 0. The molecule has 2 aromatic heterocycles. The van der Waals surface area contributed by atoms with Gasteiger partial charge in [0.1, 0.15) is 0 Å². The number of rotatable bonds is 3. The Morgan fingerprint density at radius 1 is 0.259 bits per heavy atom. The summed E-state index contributed by atoms with van der Waals surface area (Å²) in [7, 11) is 0. The molecule has 12 rings (SSSR count).